The maximum atomic E-state index is 11.1. The standard InChI is InChI=1S/C34H71NO3S/c1-5-7-9-11-13-15-17-19-21-23-25-29-33(3)35(31-27-28-32-39(36,37)38)34(4)30-26-24-22-20-18-16-14-12-10-8-6-2/h33-34H,5-32H2,1-4H3,(H,36,37,38). The van der Waals surface area contributed by atoms with E-state index in [9.17, 15) is 8.42 Å². The number of nitrogens with zero attached hydrogens (tertiary/aromatic N) is 1. The van der Waals surface area contributed by atoms with Crippen molar-refractivity contribution in [1.82, 2.24) is 4.90 Å². The molecule has 0 saturated carbocycles. The molecule has 0 aromatic carbocycles. The molecule has 4 nitrogen and oxygen atoms in total. The highest BCUT2D eigenvalue weighted by Gasteiger charge is 2.19. The van der Waals surface area contributed by atoms with Crippen molar-refractivity contribution in [3.8, 4) is 0 Å². The zero-order valence-electron chi connectivity index (χ0n) is 27.1. The molecule has 2 unspecified atom stereocenters. The average Bonchev–Trinajstić information content (AvgIpc) is 2.89. The first-order valence-electron chi connectivity index (χ1n) is 17.5. The van der Waals surface area contributed by atoms with E-state index in [1.807, 2.05) is 0 Å². The molecule has 0 aromatic rings. The molecule has 0 aromatic heterocycles. The maximum absolute atomic E-state index is 11.1. The van der Waals surface area contributed by atoms with Crippen LogP contribution in [0.3, 0.4) is 0 Å². The van der Waals surface area contributed by atoms with Crippen molar-refractivity contribution in [1.29, 1.82) is 0 Å². The van der Waals surface area contributed by atoms with Crippen LogP contribution in [-0.2, 0) is 10.1 Å². The monoisotopic (exact) mass is 574 g/mol. The molecule has 0 amide bonds. The third-order valence-corrected chi connectivity index (χ3v) is 9.46. The summed E-state index contributed by atoms with van der Waals surface area (Å²) in [5.41, 5.74) is 0. The highest BCUT2D eigenvalue weighted by Crippen LogP contribution is 2.20. The molecule has 0 fully saturated rings. The molecule has 0 saturated heterocycles. The fraction of sp³-hybridized carbons (Fsp3) is 1.00. The van der Waals surface area contributed by atoms with Gasteiger partial charge in [-0.25, -0.2) is 0 Å². The lowest BCUT2D eigenvalue weighted by molar-refractivity contribution is 0.133. The van der Waals surface area contributed by atoms with Crippen molar-refractivity contribution in [2.45, 2.75) is 207 Å². The Balaban J connectivity index is 4.19. The zero-order chi connectivity index (χ0) is 29.0. The zero-order valence-corrected chi connectivity index (χ0v) is 27.9. The number of hydrogen-bond acceptors (Lipinski definition) is 3. The van der Waals surface area contributed by atoms with E-state index in [1.165, 1.54) is 154 Å². The summed E-state index contributed by atoms with van der Waals surface area (Å²) in [6, 6.07) is 1.08. The fourth-order valence-electron chi connectivity index (χ4n) is 5.99. The summed E-state index contributed by atoms with van der Waals surface area (Å²) >= 11 is 0. The van der Waals surface area contributed by atoms with Crippen molar-refractivity contribution in [2.75, 3.05) is 12.3 Å². The van der Waals surface area contributed by atoms with Gasteiger partial charge in [0.15, 0.2) is 0 Å². The van der Waals surface area contributed by atoms with Crippen LogP contribution in [0.15, 0.2) is 0 Å². The molecule has 0 aliphatic heterocycles. The third-order valence-electron chi connectivity index (χ3n) is 8.65. The van der Waals surface area contributed by atoms with Gasteiger partial charge in [-0.15, -0.1) is 0 Å². The minimum absolute atomic E-state index is 0.110. The molecular formula is C34H71NO3S. The van der Waals surface area contributed by atoms with Crippen molar-refractivity contribution in [3.05, 3.63) is 0 Å². The quantitative estimate of drug-likeness (QED) is 0.0662. The van der Waals surface area contributed by atoms with Crippen LogP contribution in [0.4, 0.5) is 0 Å². The van der Waals surface area contributed by atoms with Crippen LogP contribution in [0.5, 0.6) is 0 Å². The Labute approximate surface area is 246 Å². The molecule has 0 spiro atoms. The predicted octanol–water partition coefficient (Wildman–Crippen LogP) is 11.1. The normalized spacial score (nSPS) is 13.8. The number of rotatable bonds is 31. The molecule has 0 radical (unpaired) electrons. The summed E-state index contributed by atoms with van der Waals surface area (Å²) < 4.78 is 31.4. The van der Waals surface area contributed by atoms with Gasteiger partial charge in [-0.1, -0.05) is 155 Å². The van der Waals surface area contributed by atoms with Gasteiger partial charge in [0, 0.05) is 12.1 Å². The summed E-state index contributed by atoms with van der Waals surface area (Å²) in [6.07, 6.45) is 34.2. The lowest BCUT2D eigenvalue weighted by Crippen LogP contribution is -2.41. The lowest BCUT2D eigenvalue weighted by Gasteiger charge is -2.35. The van der Waals surface area contributed by atoms with Crippen LogP contribution < -0.4 is 0 Å². The summed E-state index contributed by atoms with van der Waals surface area (Å²) in [5, 5.41) is 0. The average molecular weight is 574 g/mol. The van der Waals surface area contributed by atoms with E-state index in [0.29, 0.717) is 18.5 Å². The Bertz CT molecular complexity index is 563. The fourth-order valence-corrected chi connectivity index (χ4v) is 6.56. The number of hydrogen-bond donors (Lipinski definition) is 1. The first-order valence-corrected chi connectivity index (χ1v) is 19.1. The molecule has 0 heterocycles. The number of unbranched alkanes of at least 4 members (excludes halogenated alkanes) is 21. The van der Waals surface area contributed by atoms with E-state index in [1.54, 1.807) is 0 Å². The molecule has 0 rings (SSSR count). The second kappa shape index (κ2) is 28.0. The van der Waals surface area contributed by atoms with E-state index in [4.69, 9.17) is 4.55 Å². The molecule has 5 heteroatoms. The van der Waals surface area contributed by atoms with Gasteiger partial charge in [0.1, 0.15) is 0 Å². The van der Waals surface area contributed by atoms with Gasteiger partial charge in [0.25, 0.3) is 10.1 Å². The first kappa shape index (κ1) is 38.9. The Kier molecular flexibility index (Phi) is 27.9. The Morgan fingerprint density at radius 1 is 0.487 bits per heavy atom. The molecule has 236 valence electrons. The molecule has 0 aliphatic carbocycles. The Morgan fingerprint density at radius 2 is 0.795 bits per heavy atom. The predicted molar refractivity (Wildman–Crippen MR) is 173 cm³/mol. The van der Waals surface area contributed by atoms with Crippen LogP contribution in [-0.4, -0.2) is 42.3 Å². The van der Waals surface area contributed by atoms with Crippen LogP contribution in [0, 0.1) is 0 Å². The van der Waals surface area contributed by atoms with E-state index < -0.39 is 10.1 Å². The van der Waals surface area contributed by atoms with Crippen molar-refractivity contribution in [2.24, 2.45) is 0 Å². The largest absolute Gasteiger partial charge is 0.298 e. The van der Waals surface area contributed by atoms with Crippen molar-refractivity contribution in [3.63, 3.8) is 0 Å². The van der Waals surface area contributed by atoms with Crippen molar-refractivity contribution < 1.29 is 13.0 Å². The van der Waals surface area contributed by atoms with Crippen LogP contribution in [0.25, 0.3) is 0 Å². The third kappa shape index (κ3) is 27.8. The summed E-state index contributed by atoms with van der Waals surface area (Å²) in [7, 11) is -3.85. The molecule has 1 N–H and O–H groups in total. The van der Waals surface area contributed by atoms with Crippen LogP contribution in [0.1, 0.15) is 195 Å². The van der Waals surface area contributed by atoms with Gasteiger partial charge in [-0.3, -0.25) is 9.45 Å². The molecule has 0 aliphatic rings. The van der Waals surface area contributed by atoms with Gasteiger partial charge >= 0.3 is 0 Å². The maximum Gasteiger partial charge on any atom is 0.264 e. The SMILES string of the molecule is CCCCCCCCCCCCCC(C)N(CCCCS(=O)(=O)O)C(C)CCCCCCCCCCCCC. The van der Waals surface area contributed by atoms with Gasteiger partial charge in [-0.2, -0.15) is 8.42 Å². The van der Waals surface area contributed by atoms with E-state index in [-0.39, 0.29) is 5.75 Å². The molecule has 39 heavy (non-hydrogen) atoms. The summed E-state index contributed by atoms with van der Waals surface area (Å²) in [4.78, 5) is 2.64. The van der Waals surface area contributed by atoms with Gasteiger partial charge in [-0.05, 0) is 46.1 Å². The van der Waals surface area contributed by atoms with Crippen LogP contribution >= 0.6 is 0 Å². The second-order valence-electron chi connectivity index (χ2n) is 12.6. The minimum atomic E-state index is -3.85. The first-order chi connectivity index (χ1) is 18.8. The van der Waals surface area contributed by atoms with Crippen molar-refractivity contribution >= 4 is 10.1 Å². The van der Waals surface area contributed by atoms with Gasteiger partial charge in [0.05, 0.1) is 5.75 Å². The highest BCUT2D eigenvalue weighted by atomic mass is 32.2. The Morgan fingerprint density at radius 3 is 1.10 bits per heavy atom. The molecule has 0 bridgehead atoms. The lowest BCUT2D eigenvalue weighted by atomic mass is 10.0. The molecule has 2 atom stereocenters. The van der Waals surface area contributed by atoms with Gasteiger partial charge < -0.3 is 0 Å². The van der Waals surface area contributed by atoms with E-state index in [0.717, 1.165) is 13.0 Å². The topological polar surface area (TPSA) is 57.6 Å². The van der Waals surface area contributed by atoms with E-state index in [2.05, 4.69) is 32.6 Å². The second-order valence-corrected chi connectivity index (χ2v) is 14.1. The summed E-state index contributed by atoms with van der Waals surface area (Å²) in [6.45, 7) is 10.2. The molecular weight excluding hydrogens is 502 g/mol. The highest BCUT2D eigenvalue weighted by molar-refractivity contribution is 7.85. The summed E-state index contributed by atoms with van der Waals surface area (Å²) in [5.74, 6) is -0.110. The minimum Gasteiger partial charge on any atom is -0.298 e. The smallest absolute Gasteiger partial charge is 0.264 e. The van der Waals surface area contributed by atoms with E-state index >= 15 is 0 Å². The van der Waals surface area contributed by atoms with Crippen LogP contribution in [0.2, 0.25) is 0 Å². The Hall–Kier alpha value is -0.130. The van der Waals surface area contributed by atoms with Gasteiger partial charge in [0.2, 0.25) is 0 Å².